The van der Waals surface area contributed by atoms with Crippen molar-refractivity contribution in [2.45, 2.75) is 58.9 Å². The zero-order chi connectivity index (χ0) is 25.1. The van der Waals surface area contributed by atoms with Crippen LogP contribution in [-0.2, 0) is 0 Å². The molecule has 1 N–H and O–H groups in total. The molecule has 1 amide bonds. The fourth-order valence-electron chi connectivity index (χ4n) is 4.91. The average molecular weight is 531 g/mol. The maximum absolute atomic E-state index is 13.4. The van der Waals surface area contributed by atoms with Gasteiger partial charge in [-0.25, -0.2) is 4.68 Å². The Morgan fingerprint density at radius 3 is 2.37 bits per heavy atom. The van der Waals surface area contributed by atoms with Crippen LogP contribution >= 0.6 is 34.8 Å². The molecule has 1 aliphatic rings. The predicted molar refractivity (Wildman–Crippen MR) is 147 cm³/mol. The molecule has 2 aromatic carbocycles. The van der Waals surface area contributed by atoms with E-state index in [4.69, 9.17) is 39.9 Å². The van der Waals surface area contributed by atoms with Crippen LogP contribution in [0.1, 0.15) is 73.3 Å². The highest BCUT2D eigenvalue weighted by Gasteiger charge is 2.26. The van der Waals surface area contributed by atoms with Crippen LogP contribution in [0.5, 0.6) is 0 Å². The maximum atomic E-state index is 13.4. The Kier molecular flexibility index (Phi) is 8.26. The Bertz CT molecular complexity index is 1240. The average Bonchev–Trinajstić information content (AvgIpc) is 3.18. The van der Waals surface area contributed by atoms with Crippen molar-refractivity contribution in [2.24, 2.45) is 5.92 Å². The highest BCUT2D eigenvalue weighted by molar-refractivity contribution is 6.35. The summed E-state index contributed by atoms with van der Waals surface area (Å²) in [4.78, 5) is 13.4. The third-order valence-corrected chi connectivity index (χ3v) is 7.61. The molecule has 0 bridgehead atoms. The molecule has 1 fully saturated rings. The number of aromatic nitrogens is 2. The highest BCUT2D eigenvalue weighted by atomic mass is 35.5. The van der Waals surface area contributed by atoms with Gasteiger partial charge in [0.15, 0.2) is 5.69 Å². The molecule has 0 radical (unpaired) electrons. The van der Waals surface area contributed by atoms with Crippen molar-refractivity contribution >= 4 is 52.4 Å². The number of carbonyl (C=O) groups excluding carboxylic acids is 1. The van der Waals surface area contributed by atoms with Gasteiger partial charge in [0.05, 0.1) is 16.4 Å². The topological polar surface area (TPSA) is 46.9 Å². The Hall–Kier alpha value is -2.27. The van der Waals surface area contributed by atoms with E-state index in [2.05, 4.69) is 12.2 Å². The SMILES string of the molecule is C/C(=C\c1ccc(Cl)cc1)c1c(C)c(C(=O)N[C@H](C)C2CCCCC2)nn1-c1ccc(Cl)cc1Cl. The molecule has 3 aromatic rings. The number of nitrogens with one attached hydrogen (secondary N) is 1. The van der Waals surface area contributed by atoms with Crippen LogP contribution in [0.2, 0.25) is 15.1 Å². The van der Waals surface area contributed by atoms with E-state index in [0.717, 1.165) is 35.2 Å². The zero-order valence-corrected chi connectivity index (χ0v) is 22.5. The normalized spacial score (nSPS) is 15.8. The first-order valence-electron chi connectivity index (χ1n) is 12.0. The van der Waals surface area contributed by atoms with Crippen molar-refractivity contribution in [1.29, 1.82) is 0 Å². The summed E-state index contributed by atoms with van der Waals surface area (Å²) in [5.74, 6) is 0.344. The fourth-order valence-corrected chi connectivity index (χ4v) is 5.52. The smallest absolute Gasteiger partial charge is 0.272 e. The van der Waals surface area contributed by atoms with Crippen molar-refractivity contribution in [3.05, 3.63) is 80.0 Å². The summed E-state index contributed by atoms with van der Waals surface area (Å²) in [6, 6.07) is 13.0. The van der Waals surface area contributed by atoms with Gasteiger partial charge in [-0.15, -0.1) is 0 Å². The van der Waals surface area contributed by atoms with Gasteiger partial charge in [0.1, 0.15) is 0 Å². The molecule has 1 aliphatic carbocycles. The highest BCUT2D eigenvalue weighted by Crippen LogP contribution is 2.32. The molecule has 4 rings (SSSR count). The van der Waals surface area contributed by atoms with Crippen LogP contribution in [-0.4, -0.2) is 21.7 Å². The Balaban J connectivity index is 1.75. The van der Waals surface area contributed by atoms with Gasteiger partial charge in [0, 0.05) is 21.7 Å². The third-order valence-electron chi connectivity index (χ3n) is 6.82. The summed E-state index contributed by atoms with van der Waals surface area (Å²) in [6.07, 6.45) is 8.10. The lowest BCUT2D eigenvalue weighted by Gasteiger charge is -2.28. The summed E-state index contributed by atoms with van der Waals surface area (Å²) in [7, 11) is 0. The number of allylic oxidation sites excluding steroid dienone is 1. The Morgan fingerprint density at radius 1 is 1.06 bits per heavy atom. The monoisotopic (exact) mass is 529 g/mol. The summed E-state index contributed by atoms with van der Waals surface area (Å²) in [5.41, 5.74) is 4.63. The van der Waals surface area contributed by atoms with E-state index in [1.807, 2.05) is 50.3 Å². The van der Waals surface area contributed by atoms with Crippen LogP contribution < -0.4 is 5.32 Å². The number of benzene rings is 2. The first-order chi connectivity index (χ1) is 16.7. The van der Waals surface area contributed by atoms with Gasteiger partial charge >= 0.3 is 0 Å². The fraction of sp³-hybridized carbons (Fsp3) is 0.357. The molecule has 1 heterocycles. The van der Waals surface area contributed by atoms with Gasteiger partial charge < -0.3 is 5.32 Å². The minimum atomic E-state index is -0.162. The largest absolute Gasteiger partial charge is 0.348 e. The molecule has 1 atom stereocenters. The molecule has 4 nitrogen and oxygen atoms in total. The van der Waals surface area contributed by atoms with Gasteiger partial charge in [-0.05, 0) is 87.1 Å². The predicted octanol–water partition coefficient (Wildman–Crippen LogP) is 8.40. The number of carbonyl (C=O) groups is 1. The molecule has 1 saturated carbocycles. The number of nitrogens with zero attached hydrogens (tertiary/aromatic N) is 2. The molecule has 0 saturated heterocycles. The summed E-state index contributed by atoms with van der Waals surface area (Å²) in [5, 5.41) is 9.66. The van der Waals surface area contributed by atoms with Crippen LogP contribution in [0.25, 0.3) is 17.3 Å². The van der Waals surface area contributed by atoms with Crippen molar-refractivity contribution < 1.29 is 4.79 Å². The molecule has 0 aliphatic heterocycles. The molecule has 7 heteroatoms. The van der Waals surface area contributed by atoms with Gasteiger partial charge in [-0.1, -0.05) is 66.2 Å². The van der Waals surface area contributed by atoms with E-state index in [1.54, 1.807) is 16.8 Å². The van der Waals surface area contributed by atoms with Gasteiger partial charge in [0.25, 0.3) is 5.91 Å². The van der Waals surface area contributed by atoms with E-state index < -0.39 is 0 Å². The van der Waals surface area contributed by atoms with E-state index in [9.17, 15) is 4.79 Å². The second-order valence-corrected chi connectivity index (χ2v) is 10.6. The van der Waals surface area contributed by atoms with E-state index >= 15 is 0 Å². The van der Waals surface area contributed by atoms with Gasteiger partial charge in [0.2, 0.25) is 0 Å². The molecular weight excluding hydrogens is 501 g/mol. The second kappa shape index (κ2) is 11.2. The first kappa shape index (κ1) is 25.8. The number of hydrogen-bond acceptors (Lipinski definition) is 2. The van der Waals surface area contributed by atoms with Crippen LogP contribution in [0.15, 0.2) is 42.5 Å². The van der Waals surface area contributed by atoms with Crippen LogP contribution in [0, 0.1) is 12.8 Å². The van der Waals surface area contributed by atoms with Gasteiger partial charge in [-0.2, -0.15) is 5.10 Å². The van der Waals surface area contributed by atoms with E-state index in [-0.39, 0.29) is 11.9 Å². The Morgan fingerprint density at radius 2 is 1.71 bits per heavy atom. The number of hydrogen-bond donors (Lipinski definition) is 1. The molecule has 0 unspecified atom stereocenters. The quantitative estimate of drug-likeness (QED) is 0.348. The summed E-state index contributed by atoms with van der Waals surface area (Å²) >= 11 is 18.8. The van der Waals surface area contributed by atoms with Crippen LogP contribution in [0.4, 0.5) is 0 Å². The molecule has 184 valence electrons. The molecule has 35 heavy (non-hydrogen) atoms. The van der Waals surface area contributed by atoms with Gasteiger partial charge in [-0.3, -0.25) is 4.79 Å². The summed E-state index contributed by atoms with van der Waals surface area (Å²) < 4.78 is 1.75. The molecule has 1 aromatic heterocycles. The van der Waals surface area contributed by atoms with E-state index in [1.165, 1.54) is 19.3 Å². The molecular formula is C28H30Cl3N3O. The Labute approximate surface area is 222 Å². The van der Waals surface area contributed by atoms with E-state index in [0.29, 0.717) is 32.4 Å². The lowest BCUT2D eigenvalue weighted by Crippen LogP contribution is -2.39. The second-order valence-electron chi connectivity index (χ2n) is 9.37. The zero-order valence-electron chi connectivity index (χ0n) is 20.2. The van der Waals surface area contributed by atoms with Crippen molar-refractivity contribution in [2.75, 3.05) is 0 Å². The maximum Gasteiger partial charge on any atom is 0.272 e. The molecule has 0 spiro atoms. The third kappa shape index (κ3) is 5.94. The summed E-state index contributed by atoms with van der Waals surface area (Å²) in [6.45, 7) is 6.04. The standard InChI is InChI=1S/C28H30Cl3N3O/c1-17(15-20-9-11-22(29)12-10-20)27-18(2)26(28(35)32-19(3)21-7-5-4-6-8-21)33-34(27)25-14-13-23(30)16-24(25)31/h9-16,19,21H,4-8H2,1-3H3,(H,32,35)/b17-15+/t19-/m1/s1. The number of rotatable bonds is 6. The minimum absolute atomic E-state index is 0.0978. The lowest BCUT2D eigenvalue weighted by atomic mass is 9.84. The van der Waals surface area contributed by atoms with Crippen molar-refractivity contribution in [3.8, 4) is 5.69 Å². The minimum Gasteiger partial charge on any atom is -0.348 e. The van der Waals surface area contributed by atoms with Crippen molar-refractivity contribution in [3.63, 3.8) is 0 Å². The van der Waals surface area contributed by atoms with Crippen LogP contribution in [0.3, 0.4) is 0 Å². The number of halogens is 3. The lowest BCUT2D eigenvalue weighted by molar-refractivity contribution is 0.0913. The first-order valence-corrected chi connectivity index (χ1v) is 13.2. The van der Waals surface area contributed by atoms with Crippen molar-refractivity contribution in [1.82, 2.24) is 15.1 Å². The number of amides is 1.